The van der Waals surface area contributed by atoms with Gasteiger partial charge < -0.3 is 10.2 Å². The van der Waals surface area contributed by atoms with Crippen molar-refractivity contribution < 1.29 is 10.2 Å². The highest BCUT2D eigenvalue weighted by Gasteiger charge is 2.21. The maximum Gasteiger partial charge on any atom is 0.171 e. The molecule has 0 fully saturated rings. The van der Waals surface area contributed by atoms with Gasteiger partial charge in [0.25, 0.3) is 0 Å². The van der Waals surface area contributed by atoms with Crippen LogP contribution in [-0.2, 0) is 19.3 Å². The first-order valence-electron chi connectivity index (χ1n) is 11.3. The summed E-state index contributed by atoms with van der Waals surface area (Å²) in [6.07, 6.45) is 17.6. The van der Waals surface area contributed by atoms with Gasteiger partial charge in [0.15, 0.2) is 11.5 Å². The van der Waals surface area contributed by atoms with Crippen molar-refractivity contribution in [1.82, 2.24) is 0 Å². The molecule has 0 atom stereocenters. The molecule has 0 amide bonds. The van der Waals surface area contributed by atoms with Crippen molar-refractivity contribution in [1.29, 1.82) is 0 Å². The van der Waals surface area contributed by atoms with E-state index >= 15 is 0 Å². The van der Waals surface area contributed by atoms with Crippen LogP contribution in [-0.4, -0.2) is 10.2 Å². The molecule has 0 saturated heterocycles. The van der Waals surface area contributed by atoms with E-state index in [1.54, 1.807) is 0 Å². The van der Waals surface area contributed by atoms with Gasteiger partial charge in [0, 0.05) is 5.56 Å². The Hall–Kier alpha value is -0.450. The van der Waals surface area contributed by atoms with Gasteiger partial charge in [-0.15, -0.1) is 0 Å². The normalized spacial score (nSPS) is 11.3. The topological polar surface area (TPSA) is 40.5 Å². The van der Waals surface area contributed by atoms with E-state index in [-0.39, 0.29) is 11.5 Å². The van der Waals surface area contributed by atoms with Crippen molar-refractivity contribution in [3.8, 4) is 11.5 Å². The maximum atomic E-state index is 10.7. The zero-order chi connectivity index (χ0) is 20.1. The Morgan fingerprint density at radius 1 is 0.519 bits per heavy atom. The number of phenolic OH excluding ortho intramolecular Hbond substituents is 2. The molecule has 0 aromatic heterocycles. The zero-order valence-corrected chi connectivity index (χ0v) is 20.0. The summed E-state index contributed by atoms with van der Waals surface area (Å²) in [5.74, 6) is 0.266. The molecule has 0 aliphatic rings. The highest BCUT2D eigenvalue weighted by molar-refractivity contribution is 14.1. The van der Waals surface area contributed by atoms with E-state index in [0.29, 0.717) is 0 Å². The molecular weight excluding hydrogens is 447 g/mol. The van der Waals surface area contributed by atoms with Gasteiger partial charge in [0.2, 0.25) is 0 Å². The van der Waals surface area contributed by atoms with Gasteiger partial charge >= 0.3 is 0 Å². The fourth-order valence-corrected chi connectivity index (χ4v) is 4.72. The summed E-state index contributed by atoms with van der Waals surface area (Å²) in [7, 11) is 0. The molecule has 0 bridgehead atoms. The Bertz CT molecular complexity index is 501. The number of benzene rings is 1. The molecule has 0 radical (unpaired) electrons. The molecule has 1 rings (SSSR count). The fourth-order valence-electron chi connectivity index (χ4n) is 3.86. The van der Waals surface area contributed by atoms with E-state index < -0.39 is 0 Å². The molecule has 0 unspecified atom stereocenters. The Labute approximate surface area is 181 Å². The third-order valence-electron chi connectivity index (χ3n) is 5.55. The van der Waals surface area contributed by atoms with Crippen LogP contribution in [0.25, 0.3) is 0 Å². The van der Waals surface area contributed by atoms with E-state index in [4.69, 9.17) is 0 Å². The molecule has 0 spiro atoms. The van der Waals surface area contributed by atoms with Gasteiger partial charge in [-0.2, -0.15) is 0 Å². The third-order valence-corrected chi connectivity index (χ3v) is 6.71. The summed E-state index contributed by atoms with van der Waals surface area (Å²) in [5, 5.41) is 21.2. The van der Waals surface area contributed by atoms with E-state index in [1.165, 1.54) is 81.8 Å². The lowest BCUT2D eigenvalue weighted by Crippen LogP contribution is -2.06. The molecule has 0 aliphatic carbocycles. The van der Waals surface area contributed by atoms with Crippen LogP contribution in [0.2, 0.25) is 0 Å². The van der Waals surface area contributed by atoms with Gasteiger partial charge in [-0.05, 0) is 72.2 Å². The number of halogens is 1. The van der Waals surface area contributed by atoms with Crippen molar-refractivity contribution in [3.63, 3.8) is 0 Å². The van der Waals surface area contributed by atoms with Crippen LogP contribution in [0, 0.1) is 3.57 Å². The number of unbranched alkanes of at least 4 members (excludes halogenated alkanes) is 9. The van der Waals surface area contributed by atoms with Gasteiger partial charge in [0.1, 0.15) is 0 Å². The Balaban J connectivity index is 3.08. The fraction of sp³-hybridized carbons (Fsp3) is 0.750. The summed E-state index contributed by atoms with van der Waals surface area (Å²) in [6, 6.07) is 0. The minimum atomic E-state index is 0.115. The maximum absolute atomic E-state index is 10.7. The second-order valence-electron chi connectivity index (χ2n) is 7.88. The van der Waals surface area contributed by atoms with E-state index in [1.807, 2.05) is 0 Å². The van der Waals surface area contributed by atoms with Crippen LogP contribution in [0.1, 0.15) is 115 Å². The first-order valence-corrected chi connectivity index (χ1v) is 12.4. The average molecular weight is 488 g/mol. The Kier molecular flexibility index (Phi) is 13.2. The highest BCUT2D eigenvalue weighted by Crippen LogP contribution is 2.41. The summed E-state index contributed by atoms with van der Waals surface area (Å²) in [5.41, 5.74) is 3.69. The summed E-state index contributed by atoms with van der Waals surface area (Å²) in [4.78, 5) is 0. The van der Waals surface area contributed by atoms with Crippen LogP contribution in [0.5, 0.6) is 11.5 Å². The first-order chi connectivity index (χ1) is 13.1. The zero-order valence-electron chi connectivity index (χ0n) is 17.9. The minimum absolute atomic E-state index is 0.115. The average Bonchev–Trinajstić information content (AvgIpc) is 2.67. The molecule has 3 heteroatoms. The molecule has 2 N–H and O–H groups in total. The Morgan fingerprint density at radius 3 is 1.37 bits per heavy atom. The van der Waals surface area contributed by atoms with Crippen molar-refractivity contribution in [2.75, 3.05) is 0 Å². The van der Waals surface area contributed by atoms with Gasteiger partial charge in [0.05, 0.1) is 3.57 Å². The van der Waals surface area contributed by atoms with E-state index in [0.717, 1.165) is 34.8 Å². The van der Waals surface area contributed by atoms with Crippen LogP contribution < -0.4 is 0 Å². The lowest BCUT2D eigenvalue weighted by atomic mass is 9.89. The predicted molar refractivity (Wildman–Crippen MR) is 126 cm³/mol. The molecule has 0 aliphatic heterocycles. The minimum Gasteiger partial charge on any atom is -0.504 e. The highest BCUT2D eigenvalue weighted by atomic mass is 127. The third kappa shape index (κ3) is 8.21. The molecule has 1 aromatic rings. The molecule has 0 saturated carbocycles. The smallest absolute Gasteiger partial charge is 0.171 e. The molecule has 156 valence electrons. The first kappa shape index (κ1) is 24.6. The van der Waals surface area contributed by atoms with Crippen molar-refractivity contribution in [3.05, 3.63) is 20.3 Å². The SMILES string of the molecule is CCCCCCc1c(O)c(O)c(I)c(CCCCCC)c1CCCCCC. The van der Waals surface area contributed by atoms with Gasteiger partial charge in [-0.3, -0.25) is 0 Å². The van der Waals surface area contributed by atoms with Crippen molar-refractivity contribution in [2.24, 2.45) is 0 Å². The monoisotopic (exact) mass is 488 g/mol. The van der Waals surface area contributed by atoms with Crippen molar-refractivity contribution >= 4 is 22.6 Å². The van der Waals surface area contributed by atoms with Gasteiger partial charge in [-0.25, -0.2) is 0 Å². The number of aromatic hydroxyl groups is 2. The second-order valence-corrected chi connectivity index (χ2v) is 8.96. The Morgan fingerprint density at radius 2 is 0.926 bits per heavy atom. The van der Waals surface area contributed by atoms with E-state index in [2.05, 4.69) is 43.4 Å². The van der Waals surface area contributed by atoms with Crippen LogP contribution >= 0.6 is 22.6 Å². The van der Waals surface area contributed by atoms with Gasteiger partial charge in [-0.1, -0.05) is 78.6 Å². The summed E-state index contributed by atoms with van der Waals surface area (Å²) < 4.78 is 0.879. The predicted octanol–water partition coefficient (Wildman–Crippen LogP) is 8.07. The number of phenols is 2. The quantitative estimate of drug-likeness (QED) is 0.149. The summed E-state index contributed by atoms with van der Waals surface area (Å²) >= 11 is 2.24. The number of hydrogen-bond donors (Lipinski definition) is 2. The van der Waals surface area contributed by atoms with Crippen LogP contribution in [0.15, 0.2) is 0 Å². The molecule has 0 heterocycles. The van der Waals surface area contributed by atoms with E-state index in [9.17, 15) is 10.2 Å². The second kappa shape index (κ2) is 14.5. The lowest BCUT2D eigenvalue weighted by Gasteiger charge is -2.20. The molecular formula is C24H41IO2. The standard InChI is InChI=1S/C24H41IO2/c1-4-7-10-13-16-19-20(17-14-11-8-5-2)22(25)24(27)23(26)21(19)18-15-12-9-6-3/h26-27H,4-18H2,1-3H3. The molecule has 27 heavy (non-hydrogen) atoms. The summed E-state index contributed by atoms with van der Waals surface area (Å²) in [6.45, 7) is 6.71. The van der Waals surface area contributed by atoms with Crippen molar-refractivity contribution in [2.45, 2.75) is 117 Å². The van der Waals surface area contributed by atoms with Crippen LogP contribution in [0.4, 0.5) is 0 Å². The largest absolute Gasteiger partial charge is 0.504 e. The number of rotatable bonds is 15. The van der Waals surface area contributed by atoms with Crippen LogP contribution in [0.3, 0.4) is 0 Å². The lowest BCUT2D eigenvalue weighted by molar-refractivity contribution is 0.393. The number of hydrogen-bond acceptors (Lipinski definition) is 2. The molecule has 1 aromatic carbocycles. The molecule has 2 nitrogen and oxygen atoms in total.